The Morgan fingerprint density at radius 2 is 2.05 bits per heavy atom. The van der Waals surface area contributed by atoms with Gasteiger partial charge < -0.3 is 15.0 Å². The van der Waals surface area contributed by atoms with E-state index in [9.17, 15) is 0 Å². The minimum Gasteiger partial charge on any atom is -0.492 e. The van der Waals surface area contributed by atoms with Crippen molar-refractivity contribution >= 4 is 0 Å². The summed E-state index contributed by atoms with van der Waals surface area (Å²) < 4.78 is 5.88. The van der Waals surface area contributed by atoms with Crippen LogP contribution in [0.5, 0.6) is 5.75 Å². The Bertz CT molecular complexity index is 445. The number of nitrogens with one attached hydrogen (secondary N) is 1. The molecule has 2 aliphatic rings. The molecule has 0 aromatic heterocycles. The van der Waals surface area contributed by atoms with E-state index in [-0.39, 0.29) is 0 Å². The van der Waals surface area contributed by atoms with Crippen LogP contribution in [-0.2, 0) is 0 Å². The first-order valence-corrected chi connectivity index (χ1v) is 8.40. The van der Waals surface area contributed by atoms with Gasteiger partial charge in [-0.15, -0.1) is 0 Å². The number of hydrogen-bond acceptors (Lipinski definition) is 3. The van der Waals surface area contributed by atoms with E-state index in [4.69, 9.17) is 4.74 Å². The third-order valence-electron chi connectivity index (χ3n) is 4.86. The monoisotopic (exact) mass is 288 g/mol. The van der Waals surface area contributed by atoms with Crippen LogP contribution in [0.3, 0.4) is 0 Å². The molecule has 0 radical (unpaired) electrons. The van der Waals surface area contributed by atoms with E-state index >= 15 is 0 Å². The molecule has 0 spiro atoms. The second-order valence-electron chi connectivity index (χ2n) is 6.75. The number of fused-ring (bicyclic) bond motifs is 1. The Hall–Kier alpha value is -1.06. The summed E-state index contributed by atoms with van der Waals surface area (Å²) in [6.07, 6.45) is 5.39. The fraction of sp³-hybridized carbons (Fsp3) is 0.667. The molecule has 3 nitrogen and oxygen atoms in total. The van der Waals surface area contributed by atoms with Gasteiger partial charge in [-0.25, -0.2) is 0 Å². The third kappa shape index (κ3) is 3.98. The molecule has 2 saturated heterocycles. The summed E-state index contributed by atoms with van der Waals surface area (Å²) >= 11 is 0. The van der Waals surface area contributed by atoms with E-state index in [2.05, 4.69) is 48.3 Å². The van der Waals surface area contributed by atoms with E-state index in [1.807, 2.05) is 0 Å². The zero-order valence-corrected chi connectivity index (χ0v) is 13.3. The van der Waals surface area contributed by atoms with Crippen molar-refractivity contribution in [3.63, 3.8) is 0 Å². The molecule has 0 amide bonds. The highest BCUT2D eigenvalue weighted by Crippen LogP contribution is 2.27. The number of benzene rings is 1. The number of nitrogens with zero attached hydrogens (tertiary/aromatic N) is 1. The standard InChI is InChI=1S/C18H28N2O/c1-14-5-7-18(8-6-14)21-13-15(2)19-16-9-11-20-10-3-4-17(20)12-16/h5-8,15-17,19H,3-4,9-13H2,1-2H3. The normalized spacial score (nSPS) is 27.3. The largest absolute Gasteiger partial charge is 0.492 e. The van der Waals surface area contributed by atoms with Gasteiger partial charge >= 0.3 is 0 Å². The van der Waals surface area contributed by atoms with Crippen molar-refractivity contribution in [3.8, 4) is 5.75 Å². The molecular weight excluding hydrogens is 260 g/mol. The number of piperidine rings is 1. The van der Waals surface area contributed by atoms with Gasteiger partial charge in [0.05, 0.1) is 0 Å². The van der Waals surface area contributed by atoms with E-state index in [0.717, 1.165) is 18.4 Å². The molecule has 0 aliphatic carbocycles. The molecule has 3 atom stereocenters. The Kier molecular flexibility index (Phi) is 4.81. The zero-order valence-electron chi connectivity index (χ0n) is 13.3. The average molecular weight is 288 g/mol. The molecule has 2 aliphatic heterocycles. The highest BCUT2D eigenvalue weighted by atomic mass is 16.5. The lowest BCUT2D eigenvalue weighted by Crippen LogP contribution is -2.49. The fourth-order valence-electron chi connectivity index (χ4n) is 3.68. The van der Waals surface area contributed by atoms with E-state index in [1.54, 1.807) is 0 Å². The van der Waals surface area contributed by atoms with Crippen molar-refractivity contribution < 1.29 is 4.74 Å². The van der Waals surface area contributed by atoms with Crippen molar-refractivity contribution in [2.24, 2.45) is 0 Å². The highest BCUT2D eigenvalue weighted by Gasteiger charge is 2.31. The van der Waals surface area contributed by atoms with Crippen LogP contribution in [0, 0.1) is 6.92 Å². The first kappa shape index (κ1) is 14.9. The van der Waals surface area contributed by atoms with E-state index in [1.165, 1.54) is 44.3 Å². The first-order chi connectivity index (χ1) is 10.2. The summed E-state index contributed by atoms with van der Waals surface area (Å²) in [4.78, 5) is 2.67. The third-order valence-corrected chi connectivity index (χ3v) is 4.86. The first-order valence-electron chi connectivity index (χ1n) is 8.40. The summed E-state index contributed by atoms with van der Waals surface area (Å²) in [7, 11) is 0. The molecule has 3 unspecified atom stereocenters. The minimum atomic E-state index is 0.407. The van der Waals surface area contributed by atoms with E-state index < -0.39 is 0 Å². The second-order valence-corrected chi connectivity index (χ2v) is 6.75. The lowest BCUT2D eigenvalue weighted by molar-refractivity contribution is 0.154. The van der Waals surface area contributed by atoms with Crippen molar-refractivity contribution in [2.45, 2.75) is 57.7 Å². The summed E-state index contributed by atoms with van der Waals surface area (Å²) in [6, 6.07) is 10.2. The Balaban J connectivity index is 1.41. The molecule has 0 saturated carbocycles. The SMILES string of the molecule is Cc1ccc(OCC(C)NC2CCN3CCCC3C2)cc1. The molecule has 1 N–H and O–H groups in total. The van der Waals surface area contributed by atoms with Crippen molar-refractivity contribution in [2.75, 3.05) is 19.7 Å². The maximum Gasteiger partial charge on any atom is 0.119 e. The number of rotatable bonds is 5. The van der Waals surface area contributed by atoms with Gasteiger partial charge in [0, 0.05) is 18.1 Å². The number of hydrogen-bond donors (Lipinski definition) is 1. The average Bonchev–Trinajstić information content (AvgIpc) is 2.94. The molecule has 1 aromatic carbocycles. The topological polar surface area (TPSA) is 24.5 Å². The predicted molar refractivity (Wildman–Crippen MR) is 86.9 cm³/mol. The van der Waals surface area contributed by atoms with Crippen LogP contribution in [0.25, 0.3) is 0 Å². The van der Waals surface area contributed by atoms with Gasteiger partial charge in [0.25, 0.3) is 0 Å². The fourth-order valence-corrected chi connectivity index (χ4v) is 3.68. The summed E-state index contributed by atoms with van der Waals surface area (Å²) in [5.74, 6) is 0.972. The van der Waals surface area contributed by atoms with Gasteiger partial charge in [-0.1, -0.05) is 17.7 Å². The predicted octanol–water partition coefficient (Wildman–Crippen LogP) is 2.98. The van der Waals surface area contributed by atoms with Gasteiger partial charge in [-0.3, -0.25) is 0 Å². The van der Waals surface area contributed by atoms with Crippen LogP contribution in [0.15, 0.2) is 24.3 Å². The van der Waals surface area contributed by atoms with Gasteiger partial charge in [-0.05, 0) is 64.8 Å². The van der Waals surface area contributed by atoms with Gasteiger partial charge in [0.2, 0.25) is 0 Å². The molecule has 0 bridgehead atoms. The van der Waals surface area contributed by atoms with E-state index in [0.29, 0.717) is 12.1 Å². The highest BCUT2D eigenvalue weighted by molar-refractivity contribution is 5.26. The number of aryl methyl sites for hydroxylation is 1. The van der Waals surface area contributed by atoms with Gasteiger partial charge in [0.1, 0.15) is 12.4 Å². The minimum absolute atomic E-state index is 0.407. The zero-order chi connectivity index (χ0) is 14.7. The molecule has 2 fully saturated rings. The Morgan fingerprint density at radius 3 is 2.86 bits per heavy atom. The van der Waals surface area contributed by atoms with Crippen LogP contribution in [0.2, 0.25) is 0 Å². The lowest BCUT2D eigenvalue weighted by atomic mass is 9.97. The van der Waals surface area contributed by atoms with Gasteiger partial charge in [0.15, 0.2) is 0 Å². The maximum atomic E-state index is 5.88. The molecular formula is C18H28N2O. The quantitative estimate of drug-likeness (QED) is 0.901. The van der Waals surface area contributed by atoms with Crippen molar-refractivity contribution in [3.05, 3.63) is 29.8 Å². The smallest absolute Gasteiger partial charge is 0.119 e. The van der Waals surface area contributed by atoms with Crippen LogP contribution in [-0.4, -0.2) is 42.7 Å². The molecule has 116 valence electrons. The molecule has 3 rings (SSSR count). The molecule has 3 heteroatoms. The van der Waals surface area contributed by atoms with Crippen molar-refractivity contribution in [1.82, 2.24) is 10.2 Å². The maximum absolute atomic E-state index is 5.88. The summed E-state index contributed by atoms with van der Waals surface area (Å²) in [5, 5.41) is 3.76. The lowest BCUT2D eigenvalue weighted by Gasteiger charge is -2.36. The van der Waals surface area contributed by atoms with Crippen LogP contribution in [0.1, 0.15) is 38.2 Å². The Labute approximate surface area is 128 Å². The molecule has 21 heavy (non-hydrogen) atoms. The Morgan fingerprint density at radius 1 is 1.24 bits per heavy atom. The van der Waals surface area contributed by atoms with Crippen molar-refractivity contribution in [1.29, 1.82) is 0 Å². The number of ether oxygens (including phenoxy) is 1. The molecule has 2 heterocycles. The summed E-state index contributed by atoms with van der Waals surface area (Å²) in [6.45, 7) is 7.67. The van der Waals surface area contributed by atoms with Crippen LogP contribution in [0.4, 0.5) is 0 Å². The van der Waals surface area contributed by atoms with Crippen LogP contribution >= 0.6 is 0 Å². The second kappa shape index (κ2) is 6.80. The van der Waals surface area contributed by atoms with Crippen LogP contribution < -0.4 is 10.1 Å². The van der Waals surface area contributed by atoms with Gasteiger partial charge in [-0.2, -0.15) is 0 Å². The summed E-state index contributed by atoms with van der Waals surface area (Å²) in [5.41, 5.74) is 1.27. The molecule has 1 aromatic rings.